The molecule has 0 radical (unpaired) electrons. The molecule has 1 aromatic carbocycles. The summed E-state index contributed by atoms with van der Waals surface area (Å²) in [6.07, 6.45) is -3.27. The van der Waals surface area contributed by atoms with Crippen molar-refractivity contribution in [1.29, 1.82) is 0 Å². The summed E-state index contributed by atoms with van der Waals surface area (Å²) in [5.74, 6) is 0.136. The molecule has 2 rings (SSSR count). The topological polar surface area (TPSA) is 17.8 Å². The van der Waals surface area contributed by atoms with Crippen LogP contribution < -0.4 is 0 Å². The third-order valence-corrected chi connectivity index (χ3v) is 2.92. The van der Waals surface area contributed by atoms with Gasteiger partial charge in [-0.3, -0.25) is 0 Å². The van der Waals surface area contributed by atoms with Crippen LogP contribution in [-0.2, 0) is 12.1 Å². The molecule has 0 fully saturated rings. The van der Waals surface area contributed by atoms with E-state index in [4.69, 9.17) is 23.2 Å². The summed E-state index contributed by atoms with van der Waals surface area (Å²) >= 11 is 11.7. The normalized spacial score (nSPS) is 11.8. The maximum Gasteiger partial charge on any atom is 0.435 e. The van der Waals surface area contributed by atoms with Crippen LogP contribution >= 0.6 is 23.2 Å². The van der Waals surface area contributed by atoms with Crippen molar-refractivity contribution in [2.24, 2.45) is 0 Å². The number of hydrogen-bond acceptors (Lipinski definition) is 1. The molecule has 0 unspecified atom stereocenters. The highest BCUT2D eigenvalue weighted by Crippen LogP contribution is 2.30. The van der Waals surface area contributed by atoms with E-state index < -0.39 is 11.9 Å². The standard InChI is InChI=1S/C11H7Cl2F3N2/c12-6-7-2-1-3-8(13)10(7)18-5-4-9(17-18)11(14,15)16/h1-5H,6H2. The Morgan fingerprint density at radius 1 is 1.22 bits per heavy atom. The molecule has 0 aliphatic rings. The second-order valence-electron chi connectivity index (χ2n) is 3.52. The Balaban J connectivity index is 2.53. The smallest absolute Gasteiger partial charge is 0.239 e. The maximum atomic E-state index is 12.5. The fourth-order valence-corrected chi connectivity index (χ4v) is 2.02. The number of benzene rings is 1. The molecule has 0 spiro atoms. The third-order valence-electron chi connectivity index (χ3n) is 2.32. The quantitative estimate of drug-likeness (QED) is 0.756. The van der Waals surface area contributed by atoms with E-state index in [1.54, 1.807) is 18.2 Å². The van der Waals surface area contributed by atoms with Gasteiger partial charge in [-0.25, -0.2) is 4.68 Å². The lowest BCUT2D eigenvalue weighted by Gasteiger charge is -2.09. The zero-order valence-corrected chi connectivity index (χ0v) is 10.4. The first-order valence-electron chi connectivity index (χ1n) is 4.90. The molecule has 7 heteroatoms. The minimum Gasteiger partial charge on any atom is -0.239 e. The van der Waals surface area contributed by atoms with Crippen LogP contribution in [0.15, 0.2) is 30.5 Å². The van der Waals surface area contributed by atoms with Crippen LogP contribution in [0.4, 0.5) is 13.2 Å². The van der Waals surface area contributed by atoms with E-state index in [9.17, 15) is 13.2 Å². The Bertz CT molecular complexity index is 564. The molecule has 1 heterocycles. The average Bonchev–Trinajstić information content (AvgIpc) is 2.77. The minimum atomic E-state index is -4.48. The van der Waals surface area contributed by atoms with Crippen molar-refractivity contribution in [3.8, 4) is 5.69 Å². The van der Waals surface area contributed by atoms with E-state index in [2.05, 4.69) is 5.10 Å². The summed E-state index contributed by atoms with van der Waals surface area (Å²) in [6.45, 7) is 0. The molecule has 0 amide bonds. The van der Waals surface area contributed by atoms with Gasteiger partial charge < -0.3 is 0 Å². The molecule has 0 saturated carbocycles. The Kier molecular flexibility index (Phi) is 3.54. The predicted molar refractivity (Wildman–Crippen MR) is 63.1 cm³/mol. The van der Waals surface area contributed by atoms with Gasteiger partial charge >= 0.3 is 6.18 Å². The highest BCUT2D eigenvalue weighted by Gasteiger charge is 2.33. The molecule has 96 valence electrons. The van der Waals surface area contributed by atoms with Gasteiger partial charge in [-0.05, 0) is 17.7 Å². The molecule has 1 aromatic heterocycles. The largest absolute Gasteiger partial charge is 0.435 e. The van der Waals surface area contributed by atoms with Crippen LogP contribution in [0.2, 0.25) is 5.02 Å². The van der Waals surface area contributed by atoms with Crippen LogP contribution in [0.1, 0.15) is 11.3 Å². The fourth-order valence-electron chi connectivity index (χ4n) is 1.52. The molecular weight excluding hydrogens is 288 g/mol. The highest BCUT2D eigenvalue weighted by molar-refractivity contribution is 6.32. The van der Waals surface area contributed by atoms with Crippen molar-refractivity contribution in [1.82, 2.24) is 9.78 Å². The van der Waals surface area contributed by atoms with Crippen LogP contribution in [0.5, 0.6) is 0 Å². The molecule has 2 aromatic rings. The van der Waals surface area contributed by atoms with E-state index in [1.807, 2.05) is 0 Å². The summed E-state index contributed by atoms with van der Waals surface area (Å²) in [7, 11) is 0. The summed E-state index contributed by atoms with van der Waals surface area (Å²) in [5, 5.41) is 3.77. The van der Waals surface area contributed by atoms with Gasteiger partial charge in [-0.15, -0.1) is 11.6 Å². The van der Waals surface area contributed by atoms with Crippen molar-refractivity contribution in [2.75, 3.05) is 0 Å². The van der Waals surface area contributed by atoms with E-state index in [1.165, 1.54) is 6.20 Å². The monoisotopic (exact) mass is 294 g/mol. The third kappa shape index (κ3) is 2.47. The Labute approximate surface area is 111 Å². The van der Waals surface area contributed by atoms with Gasteiger partial charge in [0.25, 0.3) is 0 Å². The molecule has 2 nitrogen and oxygen atoms in total. The van der Waals surface area contributed by atoms with Crippen molar-refractivity contribution < 1.29 is 13.2 Å². The van der Waals surface area contributed by atoms with Gasteiger partial charge in [0, 0.05) is 12.1 Å². The molecular formula is C11H7Cl2F3N2. The molecule has 0 atom stereocenters. The van der Waals surface area contributed by atoms with Crippen LogP contribution in [0.25, 0.3) is 5.69 Å². The van der Waals surface area contributed by atoms with E-state index in [0.29, 0.717) is 16.3 Å². The molecule has 0 aliphatic heterocycles. The first kappa shape index (κ1) is 13.2. The van der Waals surface area contributed by atoms with Crippen molar-refractivity contribution in [3.05, 3.63) is 46.7 Å². The summed E-state index contributed by atoms with van der Waals surface area (Å²) in [6, 6.07) is 5.82. The van der Waals surface area contributed by atoms with Crippen molar-refractivity contribution >= 4 is 23.2 Å². The number of hydrogen-bond donors (Lipinski definition) is 0. The fraction of sp³-hybridized carbons (Fsp3) is 0.182. The number of halogens is 5. The van der Waals surface area contributed by atoms with Crippen LogP contribution in [-0.4, -0.2) is 9.78 Å². The maximum absolute atomic E-state index is 12.5. The van der Waals surface area contributed by atoms with Crippen LogP contribution in [0.3, 0.4) is 0 Å². The highest BCUT2D eigenvalue weighted by atomic mass is 35.5. The van der Waals surface area contributed by atoms with Gasteiger partial charge in [-0.2, -0.15) is 18.3 Å². The SMILES string of the molecule is FC(F)(F)c1ccn(-c2c(Cl)cccc2CCl)n1. The first-order valence-corrected chi connectivity index (χ1v) is 5.81. The number of para-hydroxylation sites is 1. The minimum absolute atomic E-state index is 0.136. The lowest BCUT2D eigenvalue weighted by molar-refractivity contribution is -0.141. The summed E-state index contributed by atoms with van der Waals surface area (Å²) < 4.78 is 38.5. The first-order chi connectivity index (χ1) is 8.43. The van der Waals surface area contributed by atoms with E-state index >= 15 is 0 Å². The van der Waals surface area contributed by atoms with Crippen LogP contribution in [0, 0.1) is 0 Å². The van der Waals surface area contributed by atoms with Crippen molar-refractivity contribution in [2.45, 2.75) is 12.1 Å². The zero-order valence-electron chi connectivity index (χ0n) is 8.88. The number of alkyl halides is 4. The second-order valence-corrected chi connectivity index (χ2v) is 4.20. The van der Waals surface area contributed by atoms with Crippen molar-refractivity contribution in [3.63, 3.8) is 0 Å². The summed E-state index contributed by atoms with van der Waals surface area (Å²) in [5.41, 5.74) is 0.00796. The van der Waals surface area contributed by atoms with Gasteiger partial charge in [0.2, 0.25) is 0 Å². The zero-order chi connectivity index (χ0) is 13.3. The van der Waals surface area contributed by atoms with Gasteiger partial charge in [0.15, 0.2) is 5.69 Å². The number of rotatable bonds is 2. The van der Waals surface area contributed by atoms with E-state index in [-0.39, 0.29) is 5.88 Å². The summed E-state index contributed by atoms with van der Waals surface area (Å²) in [4.78, 5) is 0. The molecule has 18 heavy (non-hydrogen) atoms. The van der Waals surface area contributed by atoms with E-state index in [0.717, 1.165) is 10.7 Å². The number of aromatic nitrogens is 2. The predicted octanol–water partition coefficient (Wildman–Crippen LogP) is 4.28. The molecule has 0 saturated heterocycles. The molecule has 0 aliphatic carbocycles. The van der Waals surface area contributed by atoms with Gasteiger partial charge in [-0.1, -0.05) is 23.7 Å². The Hall–Kier alpha value is -1.20. The van der Waals surface area contributed by atoms with Gasteiger partial charge in [0.1, 0.15) is 0 Å². The second kappa shape index (κ2) is 4.82. The molecule has 0 N–H and O–H groups in total. The molecule has 0 bridgehead atoms. The lowest BCUT2D eigenvalue weighted by atomic mass is 10.2. The lowest BCUT2D eigenvalue weighted by Crippen LogP contribution is -2.08. The van der Waals surface area contributed by atoms with Gasteiger partial charge in [0.05, 0.1) is 10.7 Å². The Morgan fingerprint density at radius 2 is 1.94 bits per heavy atom. The Morgan fingerprint density at radius 3 is 2.50 bits per heavy atom. The average molecular weight is 295 g/mol. The number of nitrogens with zero attached hydrogens (tertiary/aromatic N) is 2.